The number of hydrogen-bond acceptors (Lipinski definition) is 4. The van der Waals surface area contributed by atoms with Gasteiger partial charge in [0, 0.05) is 6.54 Å². The summed E-state index contributed by atoms with van der Waals surface area (Å²) in [6, 6.07) is 0. The molecule has 0 radical (unpaired) electrons. The van der Waals surface area contributed by atoms with Crippen LogP contribution in [-0.2, 0) is 6.54 Å². The lowest BCUT2D eigenvalue weighted by Crippen LogP contribution is -2.08. The van der Waals surface area contributed by atoms with E-state index in [1.165, 1.54) is 25.7 Å². The van der Waals surface area contributed by atoms with Crippen LogP contribution < -0.4 is 5.73 Å². The highest BCUT2D eigenvalue weighted by atomic mass is 15.6. The number of rotatable bonds is 3. The first-order valence-electron chi connectivity index (χ1n) is 4.88. The molecular formula is C8H15N5. The van der Waals surface area contributed by atoms with Crippen molar-refractivity contribution in [1.29, 1.82) is 0 Å². The first kappa shape index (κ1) is 8.47. The molecule has 1 saturated carbocycles. The van der Waals surface area contributed by atoms with Gasteiger partial charge in [-0.3, -0.25) is 0 Å². The quantitative estimate of drug-likeness (QED) is 0.750. The van der Waals surface area contributed by atoms with Crippen molar-refractivity contribution < 1.29 is 0 Å². The van der Waals surface area contributed by atoms with E-state index in [-0.39, 0.29) is 0 Å². The normalized spacial score (nSPS) is 18.2. The average Bonchev–Trinajstić information content (AvgIpc) is 2.72. The fourth-order valence-corrected chi connectivity index (χ4v) is 1.97. The third-order valence-corrected chi connectivity index (χ3v) is 2.78. The molecule has 1 heterocycles. The van der Waals surface area contributed by atoms with Crippen molar-refractivity contribution in [1.82, 2.24) is 20.2 Å². The van der Waals surface area contributed by atoms with Gasteiger partial charge in [-0.05, 0) is 22.8 Å². The molecular weight excluding hydrogens is 166 g/mol. The predicted octanol–water partition coefficient (Wildman–Crippen LogP) is 0.836. The minimum Gasteiger partial charge on any atom is -0.367 e. The van der Waals surface area contributed by atoms with Gasteiger partial charge in [-0.2, -0.15) is 0 Å². The van der Waals surface area contributed by atoms with Crippen molar-refractivity contribution in [2.24, 2.45) is 5.92 Å². The molecule has 0 amide bonds. The van der Waals surface area contributed by atoms with Crippen LogP contribution in [0.3, 0.4) is 0 Å². The number of tetrazole rings is 1. The largest absolute Gasteiger partial charge is 0.367 e. The van der Waals surface area contributed by atoms with Crippen LogP contribution in [0.1, 0.15) is 32.1 Å². The fraction of sp³-hybridized carbons (Fsp3) is 0.875. The zero-order valence-electron chi connectivity index (χ0n) is 7.69. The van der Waals surface area contributed by atoms with E-state index in [9.17, 15) is 0 Å². The molecule has 1 aromatic heterocycles. The van der Waals surface area contributed by atoms with Crippen molar-refractivity contribution in [2.45, 2.75) is 38.6 Å². The van der Waals surface area contributed by atoms with E-state index in [4.69, 9.17) is 5.73 Å². The second-order valence-electron chi connectivity index (χ2n) is 3.70. The molecule has 0 saturated heterocycles. The fourth-order valence-electron chi connectivity index (χ4n) is 1.97. The number of nitrogens with two attached hydrogens (primary N) is 1. The van der Waals surface area contributed by atoms with Crippen LogP contribution in [0.4, 0.5) is 5.95 Å². The molecule has 1 aliphatic carbocycles. The number of anilines is 1. The maximum atomic E-state index is 5.55. The van der Waals surface area contributed by atoms with Gasteiger partial charge in [0.15, 0.2) is 0 Å². The Hall–Kier alpha value is -1.13. The molecule has 0 unspecified atom stereocenters. The third-order valence-electron chi connectivity index (χ3n) is 2.78. The van der Waals surface area contributed by atoms with Crippen LogP contribution in [0.2, 0.25) is 0 Å². The summed E-state index contributed by atoms with van der Waals surface area (Å²) < 4.78 is 1.68. The highest BCUT2D eigenvalue weighted by molar-refractivity contribution is 5.09. The summed E-state index contributed by atoms with van der Waals surface area (Å²) in [5, 5.41) is 11.0. The first-order valence-corrected chi connectivity index (χ1v) is 4.88. The van der Waals surface area contributed by atoms with Gasteiger partial charge in [-0.15, -0.1) is 0 Å². The molecule has 0 atom stereocenters. The standard InChI is InChI=1S/C8H15N5/c9-8-10-11-12-13(8)6-5-7-3-1-2-4-7/h7H,1-6H2,(H2,9,10,12). The molecule has 2 N–H and O–H groups in total. The topological polar surface area (TPSA) is 69.6 Å². The predicted molar refractivity (Wildman–Crippen MR) is 48.8 cm³/mol. The Morgan fingerprint density at radius 2 is 2.15 bits per heavy atom. The Kier molecular flexibility index (Phi) is 2.42. The summed E-state index contributed by atoms with van der Waals surface area (Å²) in [7, 11) is 0. The molecule has 1 aliphatic rings. The van der Waals surface area contributed by atoms with Crippen LogP contribution in [-0.4, -0.2) is 20.2 Å². The second kappa shape index (κ2) is 3.72. The lowest BCUT2D eigenvalue weighted by molar-refractivity contribution is 0.437. The van der Waals surface area contributed by atoms with Gasteiger partial charge in [0.2, 0.25) is 5.95 Å². The maximum absolute atomic E-state index is 5.55. The van der Waals surface area contributed by atoms with Crippen molar-refractivity contribution >= 4 is 5.95 Å². The van der Waals surface area contributed by atoms with Crippen molar-refractivity contribution in [3.63, 3.8) is 0 Å². The van der Waals surface area contributed by atoms with Crippen LogP contribution >= 0.6 is 0 Å². The van der Waals surface area contributed by atoms with Gasteiger partial charge in [0.05, 0.1) is 0 Å². The van der Waals surface area contributed by atoms with Crippen LogP contribution in [0, 0.1) is 5.92 Å². The van der Waals surface area contributed by atoms with Crippen molar-refractivity contribution in [3.05, 3.63) is 0 Å². The number of hydrogen-bond donors (Lipinski definition) is 1. The lowest BCUT2D eigenvalue weighted by atomic mass is 10.0. The Balaban J connectivity index is 1.82. The zero-order valence-corrected chi connectivity index (χ0v) is 7.69. The average molecular weight is 181 g/mol. The molecule has 0 aromatic carbocycles. The van der Waals surface area contributed by atoms with Crippen molar-refractivity contribution in [3.8, 4) is 0 Å². The molecule has 1 aromatic rings. The Morgan fingerprint density at radius 1 is 1.38 bits per heavy atom. The number of nitrogens with zero attached hydrogens (tertiary/aromatic N) is 4. The van der Waals surface area contributed by atoms with Gasteiger partial charge in [0.1, 0.15) is 0 Å². The smallest absolute Gasteiger partial charge is 0.240 e. The van der Waals surface area contributed by atoms with Gasteiger partial charge in [0.25, 0.3) is 0 Å². The number of aromatic nitrogens is 4. The monoisotopic (exact) mass is 181 g/mol. The zero-order chi connectivity index (χ0) is 9.10. The highest BCUT2D eigenvalue weighted by Gasteiger charge is 2.15. The van der Waals surface area contributed by atoms with E-state index >= 15 is 0 Å². The summed E-state index contributed by atoms with van der Waals surface area (Å²) in [6.45, 7) is 0.865. The summed E-state index contributed by atoms with van der Waals surface area (Å²) in [4.78, 5) is 0. The van der Waals surface area contributed by atoms with E-state index in [1.807, 2.05) is 0 Å². The first-order chi connectivity index (χ1) is 6.36. The van der Waals surface area contributed by atoms with Gasteiger partial charge < -0.3 is 5.73 Å². The van der Waals surface area contributed by atoms with Gasteiger partial charge in [-0.1, -0.05) is 30.8 Å². The molecule has 1 fully saturated rings. The van der Waals surface area contributed by atoms with E-state index in [0.717, 1.165) is 18.9 Å². The molecule has 5 heteroatoms. The Labute approximate surface area is 77.3 Å². The van der Waals surface area contributed by atoms with E-state index in [2.05, 4.69) is 15.5 Å². The Bertz CT molecular complexity index is 263. The number of nitrogen functional groups attached to an aromatic ring is 1. The maximum Gasteiger partial charge on any atom is 0.240 e. The highest BCUT2D eigenvalue weighted by Crippen LogP contribution is 2.27. The van der Waals surface area contributed by atoms with E-state index in [1.54, 1.807) is 4.68 Å². The molecule has 13 heavy (non-hydrogen) atoms. The molecule has 72 valence electrons. The van der Waals surface area contributed by atoms with Crippen LogP contribution in [0.5, 0.6) is 0 Å². The lowest BCUT2D eigenvalue weighted by Gasteiger charge is -2.07. The van der Waals surface area contributed by atoms with Gasteiger partial charge in [-0.25, -0.2) is 4.68 Å². The summed E-state index contributed by atoms with van der Waals surface area (Å²) >= 11 is 0. The molecule has 0 aliphatic heterocycles. The third kappa shape index (κ3) is 1.96. The minimum atomic E-state index is 0.429. The SMILES string of the molecule is Nc1nnnn1CCC1CCCC1. The van der Waals surface area contributed by atoms with Crippen LogP contribution in [0.15, 0.2) is 0 Å². The minimum absolute atomic E-state index is 0.429. The summed E-state index contributed by atoms with van der Waals surface area (Å²) in [6.07, 6.45) is 6.66. The molecule has 5 nitrogen and oxygen atoms in total. The molecule has 0 bridgehead atoms. The van der Waals surface area contributed by atoms with Crippen molar-refractivity contribution in [2.75, 3.05) is 5.73 Å². The Morgan fingerprint density at radius 3 is 2.77 bits per heavy atom. The van der Waals surface area contributed by atoms with E-state index in [0.29, 0.717) is 5.95 Å². The van der Waals surface area contributed by atoms with E-state index < -0.39 is 0 Å². The van der Waals surface area contributed by atoms with Crippen LogP contribution in [0.25, 0.3) is 0 Å². The second-order valence-corrected chi connectivity index (χ2v) is 3.70. The molecule has 0 spiro atoms. The van der Waals surface area contributed by atoms with Gasteiger partial charge >= 0.3 is 0 Å². The summed E-state index contributed by atoms with van der Waals surface area (Å²) in [5.41, 5.74) is 5.55. The summed E-state index contributed by atoms with van der Waals surface area (Å²) in [5.74, 6) is 1.29. The molecule has 2 rings (SSSR count). The number of aryl methyl sites for hydroxylation is 1.